The molecule has 0 aromatic rings. The molecule has 2 unspecified atom stereocenters. The van der Waals surface area contributed by atoms with Crippen LogP contribution in [0.2, 0.25) is 0 Å². The van der Waals surface area contributed by atoms with E-state index in [1.807, 2.05) is 13.8 Å². The molecule has 13 heavy (non-hydrogen) atoms. The van der Waals surface area contributed by atoms with Crippen molar-refractivity contribution in [1.82, 2.24) is 0 Å². The van der Waals surface area contributed by atoms with Gasteiger partial charge in [-0.3, -0.25) is 0 Å². The van der Waals surface area contributed by atoms with Gasteiger partial charge in [0.1, 0.15) is 6.10 Å². The van der Waals surface area contributed by atoms with Gasteiger partial charge in [-0.1, -0.05) is 20.3 Å². The zero-order valence-electron chi connectivity index (χ0n) is 9.16. The highest BCUT2D eigenvalue weighted by Gasteiger charge is 2.16. The average Bonchev–Trinajstić information content (AvgIpc) is 2.01. The predicted molar refractivity (Wildman–Crippen MR) is 51.6 cm³/mol. The molecular weight excluding hydrogens is 168 g/mol. The Labute approximate surface area is 80.4 Å². The quantitative estimate of drug-likeness (QED) is 0.636. The first kappa shape index (κ1) is 12.3. The molecule has 0 radical (unpaired) electrons. The molecule has 3 nitrogen and oxygen atoms in total. The molecule has 0 aromatic heterocycles. The molecule has 0 aromatic carbocycles. The van der Waals surface area contributed by atoms with Gasteiger partial charge in [-0.25, -0.2) is 4.79 Å². The lowest BCUT2D eigenvalue weighted by molar-refractivity contribution is -0.00293. The van der Waals surface area contributed by atoms with E-state index in [0.29, 0.717) is 5.92 Å². The Balaban J connectivity index is 3.77. The standard InChI is InChI=1S/C10H20O3/c1-6-8(4)9(5)13-10(11)12-7(2)3/h7-9H,6H2,1-5H3. The van der Waals surface area contributed by atoms with Crippen molar-refractivity contribution in [2.75, 3.05) is 0 Å². The van der Waals surface area contributed by atoms with Crippen LogP contribution in [0.3, 0.4) is 0 Å². The Hall–Kier alpha value is -0.730. The van der Waals surface area contributed by atoms with Crippen molar-refractivity contribution in [2.24, 2.45) is 5.92 Å². The van der Waals surface area contributed by atoms with Crippen molar-refractivity contribution in [3.63, 3.8) is 0 Å². The van der Waals surface area contributed by atoms with Gasteiger partial charge < -0.3 is 9.47 Å². The summed E-state index contributed by atoms with van der Waals surface area (Å²) in [5.41, 5.74) is 0. The third-order valence-electron chi connectivity index (χ3n) is 2.06. The number of ether oxygens (including phenoxy) is 2. The molecule has 0 bridgehead atoms. The Bertz CT molecular complexity index is 154. The Morgan fingerprint density at radius 1 is 1.15 bits per heavy atom. The molecule has 0 amide bonds. The summed E-state index contributed by atoms with van der Waals surface area (Å²) >= 11 is 0. The fraction of sp³-hybridized carbons (Fsp3) is 0.900. The van der Waals surface area contributed by atoms with Crippen molar-refractivity contribution >= 4 is 6.16 Å². The largest absolute Gasteiger partial charge is 0.508 e. The molecule has 0 N–H and O–H groups in total. The van der Waals surface area contributed by atoms with Gasteiger partial charge in [-0.05, 0) is 26.7 Å². The number of rotatable bonds is 4. The topological polar surface area (TPSA) is 35.5 Å². The van der Waals surface area contributed by atoms with E-state index in [1.165, 1.54) is 0 Å². The van der Waals surface area contributed by atoms with Crippen molar-refractivity contribution in [3.05, 3.63) is 0 Å². The normalized spacial score (nSPS) is 15.2. The molecule has 0 fully saturated rings. The molecule has 0 saturated heterocycles. The van der Waals surface area contributed by atoms with Crippen molar-refractivity contribution in [3.8, 4) is 0 Å². The third kappa shape index (κ3) is 5.50. The average molecular weight is 188 g/mol. The van der Waals surface area contributed by atoms with Crippen LogP contribution in [0, 0.1) is 5.92 Å². The second-order valence-corrected chi connectivity index (χ2v) is 3.63. The Morgan fingerprint density at radius 3 is 2.08 bits per heavy atom. The fourth-order valence-electron chi connectivity index (χ4n) is 0.820. The maximum atomic E-state index is 11.0. The van der Waals surface area contributed by atoms with Crippen LogP contribution < -0.4 is 0 Å². The van der Waals surface area contributed by atoms with Crippen LogP contribution in [0.5, 0.6) is 0 Å². The zero-order valence-corrected chi connectivity index (χ0v) is 9.16. The van der Waals surface area contributed by atoms with E-state index >= 15 is 0 Å². The number of hydrogen-bond acceptors (Lipinski definition) is 3. The highest BCUT2D eigenvalue weighted by atomic mass is 16.7. The maximum Gasteiger partial charge on any atom is 0.508 e. The molecule has 0 rings (SSSR count). The van der Waals surface area contributed by atoms with E-state index in [2.05, 4.69) is 6.92 Å². The van der Waals surface area contributed by atoms with E-state index in [9.17, 15) is 4.79 Å². The smallest absolute Gasteiger partial charge is 0.432 e. The first-order valence-electron chi connectivity index (χ1n) is 4.84. The van der Waals surface area contributed by atoms with Gasteiger partial charge in [0.05, 0.1) is 6.10 Å². The summed E-state index contributed by atoms with van der Waals surface area (Å²) in [6.45, 7) is 9.60. The summed E-state index contributed by atoms with van der Waals surface area (Å²) in [6, 6.07) is 0. The van der Waals surface area contributed by atoms with Crippen molar-refractivity contribution < 1.29 is 14.3 Å². The van der Waals surface area contributed by atoms with E-state index in [1.54, 1.807) is 13.8 Å². The molecule has 0 aliphatic carbocycles. The minimum Gasteiger partial charge on any atom is -0.432 e. The van der Waals surface area contributed by atoms with Gasteiger partial charge in [-0.2, -0.15) is 0 Å². The highest BCUT2D eigenvalue weighted by molar-refractivity contribution is 5.60. The van der Waals surface area contributed by atoms with Gasteiger partial charge >= 0.3 is 6.16 Å². The first-order valence-corrected chi connectivity index (χ1v) is 4.84. The highest BCUT2D eigenvalue weighted by Crippen LogP contribution is 2.11. The second-order valence-electron chi connectivity index (χ2n) is 3.63. The minimum absolute atomic E-state index is 0.0729. The lowest BCUT2D eigenvalue weighted by Crippen LogP contribution is -2.23. The van der Waals surface area contributed by atoms with Crippen LogP contribution in [-0.2, 0) is 9.47 Å². The van der Waals surface area contributed by atoms with Crippen LogP contribution >= 0.6 is 0 Å². The molecular formula is C10H20O3. The predicted octanol–water partition coefficient (Wildman–Crippen LogP) is 2.98. The summed E-state index contributed by atoms with van der Waals surface area (Å²) in [6.07, 6.45) is 0.242. The lowest BCUT2D eigenvalue weighted by Gasteiger charge is -2.19. The summed E-state index contributed by atoms with van der Waals surface area (Å²) in [5.74, 6) is 0.375. The minimum atomic E-state index is -0.567. The second kappa shape index (κ2) is 5.84. The van der Waals surface area contributed by atoms with Crippen LogP contribution in [0.15, 0.2) is 0 Å². The van der Waals surface area contributed by atoms with Crippen LogP contribution in [-0.4, -0.2) is 18.4 Å². The van der Waals surface area contributed by atoms with Crippen molar-refractivity contribution in [2.45, 2.75) is 53.2 Å². The Kier molecular flexibility index (Phi) is 5.51. The van der Waals surface area contributed by atoms with E-state index in [4.69, 9.17) is 9.47 Å². The van der Waals surface area contributed by atoms with Crippen LogP contribution in [0.25, 0.3) is 0 Å². The molecule has 78 valence electrons. The monoisotopic (exact) mass is 188 g/mol. The van der Waals surface area contributed by atoms with Gasteiger partial charge in [-0.15, -0.1) is 0 Å². The number of carbonyl (C=O) groups excluding carboxylic acids is 1. The van der Waals surface area contributed by atoms with E-state index < -0.39 is 6.16 Å². The van der Waals surface area contributed by atoms with Gasteiger partial charge in [0.15, 0.2) is 0 Å². The molecule has 0 aliphatic heterocycles. The summed E-state index contributed by atoms with van der Waals surface area (Å²) in [5, 5.41) is 0. The lowest BCUT2D eigenvalue weighted by atomic mass is 10.0. The maximum absolute atomic E-state index is 11.0. The first-order chi connectivity index (χ1) is 5.97. The van der Waals surface area contributed by atoms with Gasteiger partial charge in [0.2, 0.25) is 0 Å². The fourth-order valence-corrected chi connectivity index (χ4v) is 0.820. The molecule has 3 heteroatoms. The molecule has 0 saturated carbocycles. The summed E-state index contributed by atoms with van der Waals surface area (Å²) in [7, 11) is 0. The molecule has 0 spiro atoms. The SMILES string of the molecule is CCC(C)C(C)OC(=O)OC(C)C. The molecule has 2 atom stereocenters. The zero-order chi connectivity index (χ0) is 10.4. The van der Waals surface area contributed by atoms with Gasteiger partial charge in [0, 0.05) is 0 Å². The molecule has 0 aliphatic rings. The summed E-state index contributed by atoms with van der Waals surface area (Å²) in [4.78, 5) is 11.0. The van der Waals surface area contributed by atoms with E-state index in [-0.39, 0.29) is 12.2 Å². The third-order valence-corrected chi connectivity index (χ3v) is 2.06. The summed E-state index contributed by atoms with van der Waals surface area (Å²) < 4.78 is 9.91. The number of carbonyl (C=O) groups is 1. The number of hydrogen-bond donors (Lipinski definition) is 0. The van der Waals surface area contributed by atoms with Crippen LogP contribution in [0.4, 0.5) is 4.79 Å². The van der Waals surface area contributed by atoms with Crippen molar-refractivity contribution in [1.29, 1.82) is 0 Å². The van der Waals surface area contributed by atoms with Crippen LogP contribution in [0.1, 0.15) is 41.0 Å². The van der Waals surface area contributed by atoms with Gasteiger partial charge in [0.25, 0.3) is 0 Å². The Morgan fingerprint density at radius 2 is 1.69 bits per heavy atom. The molecule has 0 heterocycles. The van der Waals surface area contributed by atoms with E-state index in [0.717, 1.165) is 6.42 Å².